The Balaban J connectivity index is 1.75. The number of carbonyl (C=O) groups is 1. The first-order valence-corrected chi connectivity index (χ1v) is 11.8. The summed E-state index contributed by atoms with van der Waals surface area (Å²) in [5.74, 6) is 0.429. The molecule has 4 rings (SSSR count). The quantitative estimate of drug-likeness (QED) is 0.492. The summed E-state index contributed by atoms with van der Waals surface area (Å²) < 4.78 is 21.0. The molecule has 1 aliphatic rings. The first-order valence-electron chi connectivity index (χ1n) is 10.9. The zero-order valence-electron chi connectivity index (χ0n) is 19.0. The predicted molar refractivity (Wildman–Crippen MR) is 126 cm³/mol. The normalized spacial score (nSPS) is 16.1. The lowest BCUT2D eigenvalue weighted by molar-refractivity contribution is -0.134. The Labute approximate surface area is 197 Å². The van der Waals surface area contributed by atoms with Crippen molar-refractivity contribution in [3.63, 3.8) is 0 Å². The van der Waals surface area contributed by atoms with Crippen LogP contribution < -0.4 is 0 Å². The van der Waals surface area contributed by atoms with Gasteiger partial charge in [0, 0.05) is 18.8 Å². The summed E-state index contributed by atoms with van der Waals surface area (Å²) in [7, 11) is 3.94. The number of hydrogen-bond acceptors (Lipinski definition) is 6. The number of carbonyl (C=O) groups excluding carboxylic acids is 1. The Hall–Kier alpha value is -2.75. The highest BCUT2D eigenvalue weighted by molar-refractivity contribution is 8.00. The van der Waals surface area contributed by atoms with E-state index >= 15 is 0 Å². The van der Waals surface area contributed by atoms with Crippen molar-refractivity contribution < 1.29 is 13.9 Å². The number of benzene rings is 2. The van der Waals surface area contributed by atoms with Crippen molar-refractivity contribution >= 4 is 17.7 Å². The van der Waals surface area contributed by atoms with E-state index in [2.05, 4.69) is 10.2 Å². The Bertz CT molecular complexity index is 1070. The predicted octanol–water partition coefficient (Wildman–Crippen LogP) is 3.72. The highest BCUT2D eigenvalue weighted by atomic mass is 32.2. The number of hydrogen-bond donors (Lipinski definition) is 0. The number of halogens is 1. The van der Waals surface area contributed by atoms with Crippen LogP contribution in [0.15, 0.2) is 59.8 Å². The highest BCUT2D eigenvalue weighted by Gasteiger charge is 2.31. The summed E-state index contributed by atoms with van der Waals surface area (Å²) in [5, 5.41) is 9.03. The largest absolute Gasteiger partial charge is 0.378 e. The van der Waals surface area contributed by atoms with E-state index in [1.807, 2.05) is 65.7 Å². The van der Waals surface area contributed by atoms with Crippen molar-refractivity contribution in [3.8, 4) is 5.69 Å². The maximum Gasteiger partial charge on any atom is 0.240 e. The van der Waals surface area contributed by atoms with Gasteiger partial charge in [0.15, 0.2) is 11.0 Å². The fourth-order valence-electron chi connectivity index (χ4n) is 3.64. The fourth-order valence-corrected chi connectivity index (χ4v) is 4.78. The lowest BCUT2D eigenvalue weighted by atomic mass is 10.1. The number of thioether (sulfide) groups is 1. The molecule has 1 aromatic heterocycles. The molecule has 2 heterocycles. The second kappa shape index (κ2) is 10.5. The van der Waals surface area contributed by atoms with E-state index in [-0.39, 0.29) is 17.8 Å². The van der Waals surface area contributed by atoms with Crippen molar-refractivity contribution in [3.05, 3.63) is 71.8 Å². The summed E-state index contributed by atoms with van der Waals surface area (Å²) in [5.41, 5.74) is 1.65. The third kappa shape index (κ3) is 5.26. The molecule has 0 N–H and O–H groups in total. The number of amides is 1. The molecule has 0 saturated carbocycles. The van der Waals surface area contributed by atoms with Crippen LogP contribution in [0.3, 0.4) is 0 Å². The third-order valence-corrected chi connectivity index (χ3v) is 6.95. The van der Waals surface area contributed by atoms with Crippen molar-refractivity contribution in [2.45, 2.75) is 23.4 Å². The molecule has 0 aliphatic carbocycles. The topological polar surface area (TPSA) is 63.5 Å². The minimum atomic E-state index is -0.491. The monoisotopic (exact) mass is 469 g/mol. The van der Waals surface area contributed by atoms with Gasteiger partial charge in [0.05, 0.1) is 19.3 Å². The molecular weight excluding hydrogens is 441 g/mol. The smallest absolute Gasteiger partial charge is 0.240 e. The van der Waals surface area contributed by atoms with Gasteiger partial charge in [-0.3, -0.25) is 14.3 Å². The van der Waals surface area contributed by atoms with Gasteiger partial charge in [0.2, 0.25) is 5.91 Å². The number of rotatable bonds is 7. The van der Waals surface area contributed by atoms with Crippen LogP contribution in [0.1, 0.15) is 29.6 Å². The lowest BCUT2D eigenvalue weighted by Gasteiger charge is -2.30. The maximum atomic E-state index is 13.6. The van der Waals surface area contributed by atoms with E-state index in [1.165, 1.54) is 23.9 Å². The van der Waals surface area contributed by atoms with Crippen molar-refractivity contribution in [2.75, 3.05) is 40.4 Å². The highest BCUT2D eigenvalue weighted by Crippen LogP contribution is 2.38. The molecule has 9 heteroatoms. The molecule has 2 aromatic carbocycles. The van der Waals surface area contributed by atoms with Crippen LogP contribution in [-0.2, 0) is 9.53 Å². The zero-order chi connectivity index (χ0) is 23.4. The van der Waals surface area contributed by atoms with Gasteiger partial charge in [-0.25, -0.2) is 4.39 Å². The van der Waals surface area contributed by atoms with Crippen LogP contribution in [0.25, 0.3) is 5.69 Å². The first-order chi connectivity index (χ1) is 16.0. The van der Waals surface area contributed by atoms with Gasteiger partial charge in [-0.05, 0) is 50.8 Å². The van der Waals surface area contributed by atoms with Gasteiger partial charge in [-0.1, -0.05) is 42.1 Å². The lowest BCUT2D eigenvalue weighted by Crippen LogP contribution is -2.42. The Morgan fingerprint density at radius 1 is 1.06 bits per heavy atom. The van der Waals surface area contributed by atoms with Crippen LogP contribution in [0, 0.1) is 5.82 Å². The van der Waals surface area contributed by atoms with Crippen LogP contribution in [0.2, 0.25) is 0 Å². The Morgan fingerprint density at radius 2 is 1.73 bits per heavy atom. The summed E-state index contributed by atoms with van der Waals surface area (Å²) >= 11 is 1.36. The SMILES string of the molecule is C[C@H](c1nnc(S[C@H](C(=O)N2CCOCC2)c2ccccc2)n1-c1ccc(F)cc1)N(C)C. The molecule has 2 atom stereocenters. The molecule has 1 aliphatic heterocycles. The van der Waals surface area contributed by atoms with Crippen LogP contribution in [0.5, 0.6) is 0 Å². The Morgan fingerprint density at radius 3 is 2.36 bits per heavy atom. The molecule has 0 spiro atoms. The number of ether oxygens (including phenoxy) is 1. The standard InChI is InChI=1S/C24H28FN5O2S/c1-17(28(2)3)22-26-27-24(30(22)20-11-9-19(25)10-12-20)33-21(18-7-5-4-6-8-18)23(31)29-13-15-32-16-14-29/h4-12,17,21H,13-16H2,1-3H3/t17-,21+/m1/s1. The molecule has 3 aromatic rings. The molecule has 7 nitrogen and oxygen atoms in total. The minimum Gasteiger partial charge on any atom is -0.378 e. The van der Waals surface area contributed by atoms with Crippen molar-refractivity contribution in [2.24, 2.45) is 0 Å². The molecule has 33 heavy (non-hydrogen) atoms. The van der Waals surface area contributed by atoms with Gasteiger partial charge >= 0.3 is 0 Å². The van der Waals surface area contributed by atoms with Gasteiger partial charge < -0.3 is 9.64 Å². The van der Waals surface area contributed by atoms with Crippen LogP contribution in [0.4, 0.5) is 4.39 Å². The average molecular weight is 470 g/mol. The molecule has 0 radical (unpaired) electrons. The van der Waals surface area contributed by atoms with Crippen molar-refractivity contribution in [1.82, 2.24) is 24.6 Å². The third-order valence-electron chi connectivity index (χ3n) is 5.76. The zero-order valence-corrected chi connectivity index (χ0v) is 19.8. The van der Waals surface area contributed by atoms with Gasteiger partial charge in [0.1, 0.15) is 11.1 Å². The minimum absolute atomic E-state index is 0.0189. The van der Waals surface area contributed by atoms with E-state index in [4.69, 9.17) is 4.74 Å². The molecule has 1 saturated heterocycles. The van der Waals surface area contributed by atoms with E-state index in [0.29, 0.717) is 31.5 Å². The molecule has 174 valence electrons. The number of aromatic nitrogens is 3. The van der Waals surface area contributed by atoms with E-state index in [0.717, 1.165) is 17.1 Å². The second-order valence-electron chi connectivity index (χ2n) is 8.14. The molecule has 1 amide bonds. The Kier molecular flexibility index (Phi) is 7.42. The molecule has 0 bridgehead atoms. The van der Waals surface area contributed by atoms with Crippen LogP contribution in [-0.4, -0.2) is 70.9 Å². The summed E-state index contributed by atoms with van der Waals surface area (Å²) in [6.07, 6.45) is 0. The average Bonchev–Trinajstić information content (AvgIpc) is 3.26. The van der Waals surface area contributed by atoms with Gasteiger partial charge in [-0.15, -0.1) is 10.2 Å². The second-order valence-corrected chi connectivity index (χ2v) is 9.21. The van der Waals surface area contributed by atoms with E-state index < -0.39 is 5.25 Å². The first kappa shape index (κ1) is 23.4. The molecule has 1 fully saturated rings. The van der Waals surface area contributed by atoms with E-state index in [1.54, 1.807) is 12.1 Å². The summed E-state index contributed by atoms with van der Waals surface area (Å²) in [4.78, 5) is 17.5. The molecule has 0 unspecified atom stereocenters. The van der Waals surface area contributed by atoms with Crippen molar-refractivity contribution in [1.29, 1.82) is 0 Å². The van der Waals surface area contributed by atoms with E-state index in [9.17, 15) is 9.18 Å². The summed E-state index contributed by atoms with van der Waals surface area (Å²) in [6.45, 7) is 4.24. The van der Waals surface area contributed by atoms with Gasteiger partial charge in [-0.2, -0.15) is 0 Å². The molecular formula is C24H28FN5O2S. The summed E-state index contributed by atoms with van der Waals surface area (Å²) in [6, 6.07) is 15.9. The van der Waals surface area contributed by atoms with Crippen LogP contribution >= 0.6 is 11.8 Å². The van der Waals surface area contributed by atoms with Gasteiger partial charge in [0.25, 0.3) is 0 Å². The fraction of sp³-hybridized carbons (Fsp3) is 0.375. The number of nitrogens with zero attached hydrogens (tertiary/aromatic N) is 5. The number of morpholine rings is 1. The maximum absolute atomic E-state index is 13.6.